The van der Waals surface area contributed by atoms with Crippen LogP contribution in [0.5, 0.6) is 5.75 Å². The Balaban J connectivity index is 1.72. The number of likely N-dealkylation sites (tertiary alicyclic amines) is 1. The van der Waals surface area contributed by atoms with Crippen LogP contribution in [0.4, 0.5) is 0 Å². The van der Waals surface area contributed by atoms with Gasteiger partial charge < -0.3 is 14.2 Å². The SMILES string of the molecule is COc1cccc2c1c1c(n2C)SCC(CN2CCCCC2)C1=O. The number of aromatic nitrogens is 1. The summed E-state index contributed by atoms with van der Waals surface area (Å²) in [5.74, 6) is 2.08. The number of ketones is 1. The Hall–Kier alpha value is -1.46. The number of hydrogen-bond acceptors (Lipinski definition) is 4. The van der Waals surface area contributed by atoms with E-state index in [0.717, 1.165) is 52.6 Å². The third-order valence-corrected chi connectivity index (χ3v) is 6.64. The van der Waals surface area contributed by atoms with Crippen LogP contribution >= 0.6 is 11.8 Å². The number of thioether (sulfide) groups is 1. The van der Waals surface area contributed by atoms with Crippen LogP contribution in [0.15, 0.2) is 23.2 Å². The fraction of sp³-hybridized carbons (Fsp3) is 0.526. The Bertz CT molecular complexity index is 777. The van der Waals surface area contributed by atoms with E-state index in [-0.39, 0.29) is 5.92 Å². The molecule has 5 heteroatoms. The highest BCUT2D eigenvalue weighted by Crippen LogP contribution is 2.42. The minimum atomic E-state index is 0.0936. The van der Waals surface area contributed by atoms with Crippen LogP contribution in [-0.2, 0) is 7.05 Å². The second kappa shape index (κ2) is 6.45. The van der Waals surface area contributed by atoms with Gasteiger partial charge in [-0.05, 0) is 38.1 Å². The molecule has 1 atom stereocenters. The van der Waals surface area contributed by atoms with Crippen molar-refractivity contribution in [2.75, 3.05) is 32.5 Å². The zero-order chi connectivity index (χ0) is 16.7. The number of Topliss-reactive ketones (excluding diaryl/α,β-unsaturated/α-hetero) is 1. The molecule has 2 aliphatic rings. The molecule has 3 heterocycles. The van der Waals surface area contributed by atoms with Crippen molar-refractivity contribution < 1.29 is 9.53 Å². The molecular formula is C19H24N2O2S. The van der Waals surface area contributed by atoms with Crippen molar-refractivity contribution in [2.45, 2.75) is 24.3 Å². The van der Waals surface area contributed by atoms with Crippen molar-refractivity contribution in [2.24, 2.45) is 13.0 Å². The Morgan fingerprint density at radius 3 is 2.79 bits per heavy atom. The lowest BCUT2D eigenvalue weighted by Crippen LogP contribution is -2.39. The second-order valence-electron chi connectivity index (χ2n) is 6.83. The molecule has 0 aliphatic carbocycles. The number of aryl methyl sites for hydroxylation is 1. The van der Waals surface area contributed by atoms with Crippen LogP contribution in [0.25, 0.3) is 10.9 Å². The van der Waals surface area contributed by atoms with Crippen LogP contribution in [0.3, 0.4) is 0 Å². The zero-order valence-electron chi connectivity index (χ0n) is 14.4. The summed E-state index contributed by atoms with van der Waals surface area (Å²) in [6.45, 7) is 3.18. The van der Waals surface area contributed by atoms with Crippen molar-refractivity contribution in [3.05, 3.63) is 23.8 Å². The maximum absolute atomic E-state index is 13.3. The summed E-state index contributed by atoms with van der Waals surface area (Å²) in [6, 6.07) is 6.02. The maximum Gasteiger partial charge on any atom is 0.171 e. The van der Waals surface area contributed by atoms with Gasteiger partial charge in [-0.25, -0.2) is 0 Å². The van der Waals surface area contributed by atoms with Gasteiger partial charge in [-0.2, -0.15) is 0 Å². The van der Waals surface area contributed by atoms with Gasteiger partial charge in [0.05, 0.1) is 28.6 Å². The van der Waals surface area contributed by atoms with Crippen LogP contribution < -0.4 is 4.74 Å². The highest BCUT2D eigenvalue weighted by Gasteiger charge is 2.34. The topological polar surface area (TPSA) is 34.5 Å². The molecule has 0 saturated carbocycles. The minimum Gasteiger partial charge on any atom is -0.496 e. The van der Waals surface area contributed by atoms with E-state index in [2.05, 4.69) is 15.5 Å². The second-order valence-corrected chi connectivity index (χ2v) is 7.84. The molecule has 128 valence electrons. The molecule has 0 N–H and O–H groups in total. The third kappa shape index (κ3) is 2.54. The average Bonchev–Trinajstić information content (AvgIpc) is 2.92. The fourth-order valence-corrected chi connectivity index (χ4v) is 5.31. The number of nitrogens with zero attached hydrogens (tertiary/aromatic N) is 2. The zero-order valence-corrected chi connectivity index (χ0v) is 15.2. The molecule has 1 aromatic carbocycles. The molecule has 24 heavy (non-hydrogen) atoms. The van der Waals surface area contributed by atoms with E-state index in [1.54, 1.807) is 7.11 Å². The van der Waals surface area contributed by atoms with Crippen LogP contribution in [0, 0.1) is 5.92 Å². The van der Waals surface area contributed by atoms with Gasteiger partial charge in [-0.15, -0.1) is 11.8 Å². The molecule has 0 bridgehead atoms. The van der Waals surface area contributed by atoms with Crippen LogP contribution in [0.2, 0.25) is 0 Å². The quantitative estimate of drug-likeness (QED) is 0.852. The van der Waals surface area contributed by atoms with Gasteiger partial charge >= 0.3 is 0 Å². The summed E-state index contributed by atoms with van der Waals surface area (Å²) < 4.78 is 7.70. The lowest BCUT2D eigenvalue weighted by molar-refractivity contribution is 0.0882. The van der Waals surface area contributed by atoms with E-state index < -0.39 is 0 Å². The van der Waals surface area contributed by atoms with Gasteiger partial charge in [-0.1, -0.05) is 12.5 Å². The maximum atomic E-state index is 13.3. The predicted molar refractivity (Wildman–Crippen MR) is 98.3 cm³/mol. The molecule has 0 amide bonds. The van der Waals surface area contributed by atoms with Gasteiger partial charge in [-0.3, -0.25) is 4.79 Å². The van der Waals surface area contributed by atoms with E-state index in [1.165, 1.54) is 19.3 Å². The molecule has 2 aliphatic heterocycles. The fourth-order valence-electron chi connectivity index (χ4n) is 4.05. The van der Waals surface area contributed by atoms with Gasteiger partial charge in [0.2, 0.25) is 0 Å². The molecule has 4 nitrogen and oxygen atoms in total. The number of rotatable bonds is 3. The van der Waals surface area contributed by atoms with E-state index >= 15 is 0 Å². The van der Waals surface area contributed by atoms with Crippen molar-refractivity contribution in [3.8, 4) is 5.75 Å². The minimum absolute atomic E-state index is 0.0936. The van der Waals surface area contributed by atoms with Crippen molar-refractivity contribution in [3.63, 3.8) is 0 Å². The number of piperidine rings is 1. The first kappa shape index (κ1) is 16.0. The first-order chi connectivity index (χ1) is 11.7. The van der Waals surface area contributed by atoms with E-state index in [9.17, 15) is 4.79 Å². The van der Waals surface area contributed by atoms with E-state index in [4.69, 9.17) is 4.74 Å². The Morgan fingerprint density at radius 1 is 1.25 bits per heavy atom. The van der Waals surface area contributed by atoms with Gasteiger partial charge in [0.15, 0.2) is 5.78 Å². The lowest BCUT2D eigenvalue weighted by atomic mass is 9.96. The molecular weight excluding hydrogens is 320 g/mol. The molecule has 1 fully saturated rings. The van der Waals surface area contributed by atoms with Gasteiger partial charge in [0, 0.05) is 25.3 Å². The molecule has 4 rings (SSSR count). The lowest BCUT2D eigenvalue weighted by Gasteiger charge is -2.31. The first-order valence-electron chi connectivity index (χ1n) is 8.75. The summed E-state index contributed by atoms with van der Waals surface area (Å²) in [6.07, 6.45) is 3.86. The third-order valence-electron chi connectivity index (χ3n) is 5.32. The Labute approximate surface area is 147 Å². The highest BCUT2D eigenvalue weighted by molar-refractivity contribution is 7.99. The van der Waals surface area contributed by atoms with Crippen LogP contribution in [0.1, 0.15) is 29.6 Å². The largest absolute Gasteiger partial charge is 0.496 e. The van der Waals surface area contributed by atoms with Crippen molar-refractivity contribution in [1.82, 2.24) is 9.47 Å². The number of fused-ring (bicyclic) bond motifs is 3. The monoisotopic (exact) mass is 344 g/mol. The van der Waals surface area contributed by atoms with Crippen LogP contribution in [-0.4, -0.2) is 47.7 Å². The average molecular weight is 344 g/mol. The highest BCUT2D eigenvalue weighted by atomic mass is 32.2. The molecule has 2 aromatic rings. The number of methoxy groups -OCH3 is 1. The molecule has 1 unspecified atom stereocenters. The Kier molecular flexibility index (Phi) is 4.31. The van der Waals surface area contributed by atoms with Gasteiger partial charge in [0.25, 0.3) is 0 Å². The normalized spacial score (nSPS) is 21.9. The molecule has 1 aromatic heterocycles. The smallest absolute Gasteiger partial charge is 0.171 e. The van der Waals surface area contributed by atoms with Gasteiger partial charge in [0.1, 0.15) is 5.75 Å². The number of carbonyl (C=O) groups excluding carboxylic acids is 1. The van der Waals surface area contributed by atoms with E-state index in [1.807, 2.05) is 30.9 Å². The first-order valence-corrected chi connectivity index (χ1v) is 9.74. The summed E-state index contributed by atoms with van der Waals surface area (Å²) >= 11 is 1.82. The number of hydrogen-bond donors (Lipinski definition) is 0. The Morgan fingerprint density at radius 2 is 2.04 bits per heavy atom. The number of ether oxygens (including phenoxy) is 1. The standard InChI is InChI=1S/C19H24N2O2S/c1-20-14-7-6-8-15(23-2)16(14)17-18(22)13(12-24-19(17)20)11-21-9-4-3-5-10-21/h6-8,13H,3-5,9-12H2,1-2H3. The summed E-state index contributed by atoms with van der Waals surface area (Å²) in [7, 11) is 3.73. The summed E-state index contributed by atoms with van der Waals surface area (Å²) in [4.78, 5) is 15.7. The number of benzene rings is 1. The summed E-state index contributed by atoms with van der Waals surface area (Å²) in [5.41, 5.74) is 1.96. The van der Waals surface area contributed by atoms with E-state index in [0.29, 0.717) is 5.78 Å². The molecule has 0 radical (unpaired) electrons. The number of carbonyl (C=O) groups is 1. The van der Waals surface area contributed by atoms with Crippen molar-refractivity contribution in [1.29, 1.82) is 0 Å². The molecule has 0 spiro atoms. The summed E-state index contributed by atoms with van der Waals surface area (Å²) in [5, 5.41) is 2.08. The molecule has 1 saturated heterocycles. The van der Waals surface area contributed by atoms with Crippen molar-refractivity contribution >= 4 is 28.4 Å². The predicted octanol–water partition coefficient (Wildman–Crippen LogP) is 3.58.